The molecule has 3 heteroatoms. The molecule has 0 aliphatic heterocycles. The lowest BCUT2D eigenvalue weighted by Gasteiger charge is -2.16. The van der Waals surface area contributed by atoms with Crippen molar-refractivity contribution in [2.45, 2.75) is 32.7 Å². The number of ether oxygens (including phenoxy) is 2. The van der Waals surface area contributed by atoms with Crippen molar-refractivity contribution in [3.05, 3.63) is 23.8 Å². The minimum atomic E-state index is 0.441. The van der Waals surface area contributed by atoms with Crippen LogP contribution in [0.2, 0.25) is 0 Å². The lowest BCUT2D eigenvalue weighted by molar-refractivity contribution is 0.395. The quantitative estimate of drug-likeness (QED) is 0.791. The number of benzene rings is 1. The van der Waals surface area contributed by atoms with Gasteiger partial charge in [0, 0.05) is 6.04 Å². The zero-order valence-corrected chi connectivity index (χ0v) is 11.2. The fraction of sp³-hybridized carbons (Fsp3) is 0.571. The molecular formula is C14H23NO2. The summed E-state index contributed by atoms with van der Waals surface area (Å²) in [5.74, 6) is 1.81. The van der Waals surface area contributed by atoms with Crippen LogP contribution in [-0.2, 0) is 6.42 Å². The summed E-state index contributed by atoms with van der Waals surface area (Å²) in [6.45, 7) is 5.41. The van der Waals surface area contributed by atoms with Crippen molar-refractivity contribution in [2.24, 2.45) is 0 Å². The summed E-state index contributed by atoms with van der Waals surface area (Å²) in [5.41, 5.74) is 1.18. The van der Waals surface area contributed by atoms with Gasteiger partial charge in [0.25, 0.3) is 0 Å². The molecule has 17 heavy (non-hydrogen) atoms. The van der Waals surface area contributed by atoms with Crippen molar-refractivity contribution >= 4 is 0 Å². The van der Waals surface area contributed by atoms with Crippen LogP contribution in [0.5, 0.6) is 11.5 Å². The fourth-order valence-electron chi connectivity index (χ4n) is 1.83. The van der Waals surface area contributed by atoms with E-state index in [0.717, 1.165) is 30.9 Å². The number of hydrogen-bond donors (Lipinski definition) is 1. The Morgan fingerprint density at radius 3 is 2.59 bits per heavy atom. The fourth-order valence-corrected chi connectivity index (χ4v) is 1.83. The van der Waals surface area contributed by atoms with Crippen LogP contribution in [0.3, 0.4) is 0 Å². The zero-order chi connectivity index (χ0) is 12.7. The Labute approximate surface area is 104 Å². The normalized spacial score (nSPS) is 12.2. The molecule has 0 aliphatic carbocycles. The van der Waals surface area contributed by atoms with Crippen LogP contribution in [0, 0.1) is 0 Å². The number of methoxy groups -OCH3 is 2. The molecular weight excluding hydrogens is 214 g/mol. The van der Waals surface area contributed by atoms with Gasteiger partial charge in [0.1, 0.15) is 11.5 Å². The standard InChI is InChI=1S/C14H23NO2/c1-5-8-15-11(2)9-12-10-13(16-3)6-7-14(12)17-4/h6-7,10-11,15H,5,8-9H2,1-4H3/t11-/m1/s1. The molecule has 1 atom stereocenters. The molecule has 0 bridgehead atoms. The highest BCUT2D eigenvalue weighted by atomic mass is 16.5. The van der Waals surface area contributed by atoms with Crippen LogP contribution in [0.4, 0.5) is 0 Å². The van der Waals surface area contributed by atoms with Gasteiger partial charge in [-0.3, -0.25) is 0 Å². The van der Waals surface area contributed by atoms with E-state index in [9.17, 15) is 0 Å². The summed E-state index contributed by atoms with van der Waals surface area (Å²) >= 11 is 0. The Morgan fingerprint density at radius 1 is 1.24 bits per heavy atom. The van der Waals surface area contributed by atoms with Gasteiger partial charge in [0.2, 0.25) is 0 Å². The first-order chi connectivity index (χ1) is 8.21. The minimum absolute atomic E-state index is 0.441. The molecule has 1 aromatic carbocycles. The van der Waals surface area contributed by atoms with Gasteiger partial charge in [0.05, 0.1) is 14.2 Å². The lowest BCUT2D eigenvalue weighted by Crippen LogP contribution is -2.28. The third-order valence-electron chi connectivity index (χ3n) is 2.76. The molecule has 0 spiro atoms. The third kappa shape index (κ3) is 4.27. The molecule has 0 saturated heterocycles. The number of nitrogens with one attached hydrogen (secondary N) is 1. The molecule has 3 nitrogen and oxygen atoms in total. The monoisotopic (exact) mass is 237 g/mol. The maximum atomic E-state index is 5.37. The van der Waals surface area contributed by atoms with Gasteiger partial charge in [-0.15, -0.1) is 0 Å². The Kier molecular flexibility index (Phi) is 5.84. The lowest BCUT2D eigenvalue weighted by atomic mass is 10.1. The SMILES string of the molecule is CCCN[C@H](C)Cc1cc(OC)ccc1OC. The van der Waals surface area contributed by atoms with Gasteiger partial charge in [0.15, 0.2) is 0 Å². The van der Waals surface area contributed by atoms with E-state index in [1.54, 1.807) is 14.2 Å². The van der Waals surface area contributed by atoms with E-state index in [-0.39, 0.29) is 0 Å². The average Bonchev–Trinajstić information content (AvgIpc) is 2.36. The minimum Gasteiger partial charge on any atom is -0.497 e. The van der Waals surface area contributed by atoms with Crippen LogP contribution in [0.15, 0.2) is 18.2 Å². The van der Waals surface area contributed by atoms with Crippen molar-refractivity contribution in [3.63, 3.8) is 0 Å². The van der Waals surface area contributed by atoms with E-state index in [4.69, 9.17) is 9.47 Å². The summed E-state index contributed by atoms with van der Waals surface area (Å²) in [4.78, 5) is 0. The zero-order valence-electron chi connectivity index (χ0n) is 11.2. The maximum Gasteiger partial charge on any atom is 0.122 e. The van der Waals surface area contributed by atoms with Crippen LogP contribution in [0.1, 0.15) is 25.8 Å². The summed E-state index contributed by atoms with van der Waals surface area (Å²) in [5, 5.41) is 3.47. The molecule has 0 heterocycles. The van der Waals surface area contributed by atoms with Crippen molar-refractivity contribution in [2.75, 3.05) is 20.8 Å². The van der Waals surface area contributed by atoms with Gasteiger partial charge in [-0.05, 0) is 50.1 Å². The van der Waals surface area contributed by atoms with E-state index < -0.39 is 0 Å². The second-order valence-electron chi connectivity index (χ2n) is 4.24. The molecule has 0 aliphatic rings. The van der Waals surface area contributed by atoms with Gasteiger partial charge >= 0.3 is 0 Å². The van der Waals surface area contributed by atoms with Crippen molar-refractivity contribution in [1.29, 1.82) is 0 Å². The average molecular weight is 237 g/mol. The largest absolute Gasteiger partial charge is 0.497 e. The second kappa shape index (κ2) is 7.17. The highest BCUT2D eigenvalue weighted by molar-refractivity contribution is 5.40. The molecule has 0 saturated carbocycles. The Morgan fingerprint density at radius 2 is 2.00 bits per heavy atom. The highest BCUT2D eigenvalue weighted by Crippen LogP contribution is 2.25. The van der Waals surface area contributed by atoms with Gasteiger partial charge in [-0.2, -0.15) is 0 Å². The first-order valence-electron chi connectivity index (χ1n) is 6.15. The van der Waals surface area contributed by atoms with Crippen molar-refractivity contribution in [1.82, 2.24) is 5.32 Å². The van der Waals surface area contributed by atoms with Crippen molar-refractivity contribution in [3.8, 4) is 11.5 Å². The molecule has 0 radical (unpaired) electrons. The van der Waals surface area contributed by atoms with E-state index in [1.165, 1.54) is 5.56 Å². The van der Waals surface area contributed by atoms with Crippen LogP contribution in [-0.4, -0.2) is 26.8 Å². The van der Waals surface area contributed by atoms with Gasteiger partial charge < -0.3 is 14.8 Å². The number of hydrogen-bond acceptors (Lipinski definition) is 3. The highest BCUT2D eigenvalue weighted by Gasteiger charge is 2.09. The van der Waals surface area contributed by atoms with E-state index in [1.807, 2.05) is 18.2 Å². The van der Waals surface area contributed by atoms with E-state index in [2.05, 4.69) is 19.2 Å². The molecule has 96 valence electrons. The van der Waals surface area contributed by atoms with Crippen LogP contribution < -0.4 is 14.8 Å². The molecule has 1 rings (SSSR count). The van der Waals surface area contributed by atoms with Crippen LogP contribution >= 0.6 is 0 Å². The Hall–Kier alpha value is -1.22. The molecule has 0 aromatic heterocycles. The predicted molar refractivity (Wildman–Crippen MR) is 71.0 cm³/mol. The Balaban J connectivity index is 2.72. The van der Waals surface area contributed by atoms with E-state index >= 15 is 0 Å². The van der Waals surface area contributed by atoms with Crippen LogP contribution in [0.25, 0.3) is 0 Å². The summed E-state index contributed by atoms with van der Waals surface area (Å²) in [7, 11) is 3.39. The molecule has 1 N–H and O–H groups in total. The first kappa shape index (κ1) is 13.8. The second-order valence-corrected chi connectivity index (χ2v) is 4.24. The smallest absolute Gasteiger partial charge is 0.122 e. The summed E-state index contributed by atoms with van der Waals surface area (Å²) in [6.07, 6.45) is 2.10. The molecule has 0 amide bonds. The van der Waals surface area contributed by atoms with Gasteiger partial charge in [-0.1, -0.05) is 6.92 Å². The third-order valence-corrected chi connectivity index (χ3v) is 2.76. The molecule has 1 aromatic rings. The molecule has 0 unspecified atom stereocenters. The van der Waals surface area contributed by atoms with E-state index in [0.29, 0.717) is 6.04 Å². The van der Waals surface area contributed by atoms with Crippen molar-refractivity contribution < 1.29 is 9.47 Å². The summed E-state index contributed by atoms with van der Waals surface area (Å²) < 4.78 is 10.6. The molecule has 0 fully saturated rings. The predicted octanol–water partition coefficient (Wildman–Crippen LogP) is 2.63. The summed E-state index contributed by atoms with van der Waals surface area (Å²) in [6, 6.07) is 6.37. The van der Waals surface area contributed by atoms with Gasteiger partial charge in [-0.25, -0.2) is 0 Å². The topological polar surface area (TPSA) is 30.5 Å². The maximum absolute atomic E-state index is 5.37. The number of rotatable bonds is 7. The Bertz CT molecular complexity index is 339. The first-order valence-corrected chi connectivity index (χ1v) is 6.15.